The van der Waals surface area contributed by atoms with E-state index >= 15 is 0 Å². The Hall–Kier alpha value is -1.94. The fourth-order valence-electron chi connectivity index (χ4n) is 12.8. The molecule has 0 saturated heterocycles. The number of carbonyl (C=O) groups excluding carboxylic acids is 4. The second-order valence-electron chi connectivity index (χ2n) is 30.0. The number of esters is 4. The maximum absolute atomic E-state index is 13.1. The molecule has 0 bridgehead atoms. The molecule has 0 aromatic heterocycles. The zero-order valence-corrected chi connectivity index (χ0v) is 67.8. The molecule has 5 atom stereocenters. The van der Waals surface area contributed by atoms with Gasteiger partial charge in [-0.3, -0.25) is 37.3 Å². The number of hydrogen-bond donors (Lipinski definition) is 3. The van der Waals surface area contributed by atoms with Crippen LogP contribution in [0.15, 0.2) is 0 Å². The highest BCUT2D eigenvalue weighted by Crippen LogP contribution is 2.45. The average Bonchev–Trinajstić information content (AvgIpc) is 0.929. The lowest BCUT2D eigenvalue weighted by molar-refractivity contribution is -0.161. The molecule has 2 unspecified atom stereocenters. The van der Waals surface area contributed by atoms with Gasteiger partial charge >= 0.3 is 39.5 Å². The van der Waals surface area contributed by atoms with E-state index in [1.807, 2.05) is 0 Å². The molecule has 600 valence electrons. The van der Waals surface area contributed by atoms with Crippen molar-refractivity contribution in [1.29, 1.82) is 0 Å². The van der Waals surface area contributed by atoms with E-state index in [4.69, 9.17) is 37.0 Å². The van der Waals surface area contributed by atoms with Gasteiger partial charge in [-0.1, -0.05) is 388 Å². The van der Waals surface area contributed by atoms with E-state index < -0.39 is 97.5 Å². The van der Waals surface area contributed by atoms with Gasteiger partial charge < -0.3 is 33.8 Å². The first kappa shape index (κ1) is 99.1. The van der Waals surface area contributed by atoms with E-state index in [9.17, 15) is 43.2 Å². The van der Waals surface area contributed by atoms with Crippen LogP contribution in [0.4, 0.5) is 0 Å². The normalized spacial score (nSPS) is 13.8. The largest absolute Gasteiger partial charge is 0.472 e. The second-order valence-corrected chi connectivity index (χ2v) is 32.9. The molecule has 0 amide bonds. The van der Waals surface area contributed by atoms with E-state index in [1.54, 1.807) is 0 Å². The summed E-state index contributed by atoms with van der Waals surface area (Å²) >= 11 is 0. The summed E-state index contributed by atoms with van der Waals surface area (Å²) in [6, 6.07) is 0. The van der Waals surface area contributed by atoms with Crippen LogP contribution in [-0.2, 0) is 65.4 Å². The van der Waals surface area contributed by atoms with Gasteiger partial charge in [0.2, 0.25) is 0 Å². The molecule has 0 radical (unpaired) electrons. The van der Waals surface area contributed by atoms with Crippen LogP contribution in [0.3, 0.4) is 0 Å². The molecule has 0 aromatic carbocycles. The number of carbonyl (C=O) groups is 4. The summed E-state index contributed by atoms with van der Waals surface area (Å²) in [6.07, 6.45) is 66.5. The van der Waals surface area contributed by atoms with E-state index in [1.165, 1.54) is 263 Å². The van der Waals surface area contributed by atoms with Crippen molar-refractivity contribution in [3.05, 3.63) is 0 Å². The van der Waals surface area contributed by atoms with Crippen molar-refractivity contribution in [2.75, 3.05) is 39.6 Å². The molecular weight excluding hydrogens is 1320 g/mol. The Morgan fingerprint density at radius 3 is 0.673 bits per heavy atom. The Bertz CT molecular complexity index is 1930. The van der Waals surface area contributed by atoms with Crippen molar-refractivity contribution < 1.29 is 80.2 Å². The lowest BCUT2D eigenvalue weighted by atomic mass is 10.0. The van der Waals surface area contributed by atoms with Gasteiger partial charge in [-0.05, 0) is 31.6 Å². The Balaban J connectivity index is 5.24. The Labute approximate surface area is 619 Å². The van der Waals surface area contributed by atoms with Crippen molar-refractivity contribution in [3.63, 3.8) is 0 Å². The number of ether oxygens (including phenoxy) is 4. The molecule has 0 heterocycles. The van der Waals surface area contributed by atoms with Gasteiger partial charge in [-0.2, -0.15) is 0 Å². The van der Waals surface area contributed by atoms with E-state index in [0.29, 0.717) is 25.7 Å². The standard InChI is InChI=1S/C82H160O17P2/c1-6-9-12-15-18-21-24-26-28-30-32-34-36-41-46-51-56-61-66-80(85)93-72-78(98-81(86)67-62-57-52-47-42-37-35-33-31-29-27-25-22-19-16-13-10-7-2)74-97-101(90,91)95-70-76(83)69-94-100(88,89)96-73-77(71-92-79(84)65-60-55-50-45-39-23-20-17-14-11-8-3)99-82(87)68-63-58-53-48-43-38-40-44-49-54-59-64-75(4)5/h75-78,83H,6-74H2,1-5H3,(H,88,89)(H,90,91)/t76-,77+,78+/m0/s1. The topological polar surface area (TPSA) is 237 Å². The van der Waals surface area contributed by atoms with Crippen molar-refractivity contribution >= 4 is 39.5 Å². The van der Waals surface area contributed by atoms with Crippen molar-refractivity contribution in [1.82, 2.24) is 0 Å². The first-order valence-electron chi connectivity index (χ1n) is 42.6. The minimum Gasteiger partial charge on any atom is -0.462 e. The van der Waals surface area contributed by atoms with Crippen LogP contribution in [-0.4, -0.2) is 96.7 Å². The lowest BCUT2D eigenvalue weighted by Gasteiger charge is -2.21. The molecule has 101 heavy (non-hydrogen) atoms. The molecule has 3 N–H and O–H groups in total. The summed E-state index contributed by atoms with van der Waals surface area (Å²) in [4.78, 5) is 73.1. The van der Waals surface area contributed by atoms with Gasteiger partial charge in [0.1, 0.15) is 19.3 Å². The molecule has 0 saturated carbocycles. The predicted molar refractivity (Wildman–Crippen MR) is 414 cm³/mol. The number of rotatable bonds is 82. The van der Waals surface area contributed by atoms with Crippen molar-refractivity contribution in [3.8, 4) is 0 Å². The van der Waals surface area contributed by atoms with Crippen molar-refractivity contribution in [2.24, 2.45) is 5.92 Å². The minimum atomic E-state index is -4.96. The maximum atomic E-state index is 13.1. The SMILES string of the molecule is CCCCCCCCCCCCCCCCCCCCC(=O)OC[C@H](COP(=O)(O)OC[C@@H](O)COP(=O)(O)OC[C@@H](COC(=O)CCCCCCCCCCCCC)OC(=O)CCCCCCCCCCCCCC(C)C)OC(=O)CCCCCCCCCCCCCCCCCCCC. The zero-order valence-electron chi connectivity index (χ0n) is 66.1. The number of hydrogen-bond acceptors (Lipinski definition) is 15. The summed E-state index contributed by atoms with van der Waals surface area (Å²) in [7, 11) is -9.92. The molecule has 0 spiro atoms. The van der Waals surface area contributed by atoms with Crippen LogP contribution in [0.2, 0.25) is 0 Å². The molecule has 0 fully saturated rings. The molecule has 0 aliphatic rings. The highest BCUT2D eigenvalue weighted by molar-refractivity contribution is 7.47. The number of unbranched alkanes of at least 4 members (excludes halogenated alkanes) is 54. The summed E-state index contributed by atoms with van der Waals surface area (Å²) in [5, 5.41) is 10.7. The fourth-order valence-corrected chi connectivity index (χ4v) is 14.3. The predicted octanol–water partition coefficient (Wildman–Crippen LogP) is 24.8. The van der Waals surface area contributed by atoms with Crippen LogP contribution in [0.25, 0.3) is 0 Å². The number of aliphatic hydroxyl groups is 1. The molecule has 19 heteroatoms. The highest BCUT2D eigenvalue weighted by Gasteiger charge is 2.30. The number of phosphoric ester groups is 2. The molecule has 0 aliphatic carbocycles. The number of aliphatic hydroxyl groups excluding tert-OH is 1. The van der Waals surface area contributed by atoms with E-state index in [-0.39, 0.29) is 25.7 Å². The average molecular weight is 1480 g/mol. The van der Waals surface area contributed by atoms with E-state index in [0.717, 1.165) is 95.8 Å². The van der Waals surface area contributed by atoms with Crippen LogP contribution in [0.1, 0.15) is 439 Å². The van der Waals surface area contributed by atoms with Gasteiger partial charge in [0, 0.05) is 25.7 Å². The highest BCUT2D eigenvalue weighted by atomic mass is 31.2. The molecule has 0 aromatic rings. The van der Waals surface area contributed by atoms with Crippen molar-refractivity contribution in [2.45, 2.75) is 457 Å². The zero-order chi connectivity index (χ0) is 74.1. The Kier molecular flexibility index (Phi) is 73.5. The Morgan fingerprint density at radius 2 is 0.455 bits per heavy atom. The summed E-state index contributed by atoms with van der Waals surface area (Å²) in [5.74, 6) is -1.34. The third-order valence-electron chi connectivity index (χ3n) is 19.3. The smallest absolute Gasteiger partial charge is 0.462 e. The van der Waals surface area contributed by atoms with Gasteiger partial charge in [0.25, 0.3) is 0 Å². The monoisotopic (exact) mass is 1480 g/mol. The first-order valence-corrected chi connectivity index (χ1v) is 45.6. The maximum Gasteiger partial charge on any atom is 0.472 e. The summed E-state index contributed by atoms with van der Waals surface area (Å²) < 4.78 is 68.8. The first-order chi connectivity index (χ1) is 49.0. The Morgan fingerprint density at radius 1 is 0.267 bits per heavy atom. The third kappa shape index (κ3) is 76.1. The lowest BCUT2D eigenvalue weighted by Crippen LogP contribution is -2.30. The van der Waals surface area contributed by atoms with Crippen LogP contribution in [0, 0.1) is 5.92 Å². The van der Waals surface area contributed by atoms with Crippen LogP contribution in [0.5, 0.6) is 0 Å². The van der Waals surface area contributed by atoms with Gasteiger partial charge in [-0.15, -0.1) is 0 Å². The number of phosphoric acid groups is 2. The van der Waals surface area contributed by atoms with Crippen LogP contribution < -0.4 is 0 Å². The van der Waals surface area contributed by atoms with Crippen LogP contribution >= 0.6 is 15.6 Å². The third-order valence-corrected chi connectivity index (χ3v) is 21.2. The summed E-state index contributed by atoms with van der Waals surface area (Å²) in [5.41, 5.74) is 0. The molecule has 17 nitrogen and oxygen atoms in total. The van der Waals surface area contributed by atoms with Gasteiger partial charge in [0.05, 0.1) is 26.4 Å². The molecular formula is C82H160O17P2. The molecule has 0 aliphatic heterocycles. The van der Waals surface area contributed by atoms with E-state index in [2.05, 4.69) is 34.6 Å². The van der Waals surface area contributed by atoms with Gasteiger partial charge in [0.15, 0.2) is 12.2 Å². The minimum absolute atomic E-state index is 0.107. The fraction of sp³-hybridized carbons (Fsp3) is 0.951. The summed E-state index contributed by atoms with van der Waals surface area (Å²) in [6.45, 7) is 7.34. The quantitative estimate of drug-likeness (QED) is 0.0222. The molecule has 0 rings (SSSR count). The second kappa shape index (κ2) is 74.9. The van der Waals surface area contributed by atoms with Gasteiger partial charge in [-0.25, -0.2) is 9.13 Å².